The quantitative estimate of drug-likeness (QED) is 0.816. The second-order valence-corrected chi connectivity index (χ2v) is 3.60. The minimum Gasteiger partial charge on any atom is -0.441 e. The third-order valence-corrected chi connectivity index (χ3v) is 2.40. The van der Waals surface area contributed by atoms with Crippen LogP contribution < -0.4 is 5.73 Å². The second kappa shape index (κ2) is 4.08. The third kappa shape index (κ3) is 2.06. The van der Waals surface area contributed by atoms with Crippen molar-refractivity contribution >= 4 is 28.4 Å². The average Bonchev–Trinajstić information content (AvgIpc) is 2.58. The summed E-state index contributed by atoms with van der Waals surface area (Å²) in [5.41, 5.74) is 7.53. The van der Waals surface area contributed by atoms with Crippen LogP contribution >= 0.6 is 11.6 Å². The van der Waals surface area contributed by atoms with Gasteiger partial charge in [0.15, 0.2) is 11.5 Å². The maximum atomic E-state index is 5.87. The number of nitrogens with two attached hydrogens (primary N) is 1. The van der Waals surface area contributed by atoms with Gasteiger partial charge >= 0.3 is 0 Å². The van der Waals surface area contributed by atoms with E-state index in [1.54, 1.807) is 19.2 Å². The van der Waals surface area contributed by atoms with Gasteiger partial charge < -0.3 is 14.9 Å². The second-order valence-electron chi connectivity index (χ2n) is 3.19. The Balaban J connectivity index is 2.38. The number of rotatable bonds is 3. The van der Waals surface area contributed by atoms with Gasteiger partial charge in [-0.05, 0) is 6.07 Å². The molecule has 5 heteroatoms. The maximum absolute atomic E-state index is 5.87. The summed E-state index contributed by atoms with van der Waals surface area (Å²) in [7, 11) is 1.64. The molecule has 1 aromatic carbocycles. The Hall–Kier alpha value is -1.26. The highest BCUT2D eigenvalue weighted by molar-refractivity contribution is 6.33. The molecule has 0 saturated heterocycles. The number of anilines is 1. The predicted molar refractivity (Wildman–Crippen MR) is 59.0 cm³/mol. The summed E-state index contributed by atoms with van der Waals surface area (Å²) in [6, 6.07) is 3.38. The Labute approximate surface area is 92.0 Å². The zero-order chi connectivity index (χ0) is 10.8. The first-order valence-corrected chi connectivity index (χ1v) is 4.92. The molecular weight excluding hydrogens is 216 g/mol. The first kappa shape index (κ1) is 10.3. The van der Waals surface area contributed by atoms with Gasteiger partial charge in [-0.1, -0.05) is 11.6 Å². The van der Waals surface area contributed by atoms with Crippen molar-refractivity contribution in [1.29, 1.82) is 0 Å². The molecule has 0 aliphatic heterocycles. The van der Waals surface area contributed by atoms with Crippen molar-refractivity contribution in [2.24, 2.45) is 0 Å². The van der Waals surface area contributed by atoms with E-state index in [2.05, 4.69) is 4.98 Å². The Morgan fingerprint density at radius 1 is 1.53 bits per heavy atom. The van der Waals surface area contributed by atoms with E-state index in [1.807, 2.05) is 0 Å². The summed E-state index contributed by atoms with van der Waals surface area (Å²) in [5.74, 6) is 0.633. The number of hydrogen-bond acceptors (Lipinski definition) is 4. The number of oxazole rings is 1. The fourth-order valence-electron chi connectivity index (χ4n) is 1.31. The molecule has 0 saturated carbocycles. The lowest BCUT2D eigenvalue weighted by Gasteiger charge is -1.94. The molecule has 2 aromatic rings. The van der Waals surface area contributed by atoms with Gasteiger partial charge in [0.2, 0.25) is 0 Å². The smallest absolute Gasteiger partial charge is 0.197 e. The van der Waals surface area contributed by atoms with Crippen LogP contribution in [0, 0.1) is 0 Å². The van der Waals surface area contributed by atoms with E-state index in [0.29, 0.717) is 35.2 Å². The van der Waals surface area contributed by atoms with Crippen LogP contribution in [0.25, 0.3) is 11.1 Å². The molecule has 1 heterocycles. The first-order valence-electron chi connectivity index (χ1n) is 4.54. The van der Waals surface area contributed by atoms with Gasteiger partial charge in [-0.2, -0.15) is 0 Å². The summed E-state index contributed by atoms with van der Waals surface area (Å²) in [5, 5.41) is 0.495. The summed E-state index contributed by atoms with van der Waals surface area (Å²) in [4.78, 5) is 4.27. The van der Waals surface area contributed by atoms with Crippen molar-refractivity contribution in [3.63, 3.8) is 0 Å². The molecule has 4 nitrogen and oxygen atoms in total. The normalized spacial score (nSPS) is 11.1. The molecule has 0 aliphatic carbocycles. The lowest BCUT2D eigenvalue weighted by atomic mass is 10.3. The van der Waals surface area contributed by atoms with Crippen LogP contribution in [0.1, 0.15) is 5.89 Å². The number of ether oxygens (including phenoxy) is 1. The fourth-order valence-corrected chi connectivity index (χ4v) is 1.47. The van der Waals surface area contributed by atoms with Crippen LogP contribution in [-0.2, 0) is 11.2 Å². The molecule has 0 atom stereocenters. The Kier molecular flexibility index (Phi) is 2.79. The molecule has 0 fully saturated rings. The largest absolute Gasteiger partial charge is 0.441 e. The van der Waals surface area contributed by atoms with E-state index in [-0.39, 0.29) is 0 Å². The molecule has 1 aromatic heterocycles. The summed E-state index contributed by atoms with van der Waals surface area (Å²) >= 11 is 5.87. The molecule has 15 heavy (non-hydrogen) atoms. The van der Waals surface area contributed by atoms with Gasteiger partial charge in [-0.15, -0.1) is 0 Å². The molecule has 80 valence electrons. The molecule has 0 radical (unpaired) electrons. The highest BCUT2D eigenvalue weighted by Gasteiger charge is 2.08. The van der Waals surface area contributed by atoms with Gasteiger partial charge in [-0.3, -0.25) is 0 Å². The van der Waals surface area contributed by atoms with Gasteiger partial charge in [-0.25, -0.2) is 4.98 Å². The van der Waals surface area contributed by atoms with Crippen molar-refractivity contribution in [1.82, 2.24) is 4.98 Å². The number of nitrogen functional groups attached to an aromatic ring is 1. The van der Waals surface area contributed by atoms with Crippen LogP contribution in [0.15, 0.2) is 16.5 Å². The highest BCUT2D eigenvalue weighted by atomic mass is 35.5. The number of halogens is 1. The van der Waals surface area contributed by atoms with E-state index in [1.165, 1.54) is 0 Å². The van der Waals surface area contributed by atoms with E-state index < -0.39 is 0 Å². The van der Waals surface area contributed by atoms with E-state index in [4.69, 9.17) is 26.5 Å². The van der Waals surface area contributed by atoms with Crippen molar-refractivity contribution in [2.75, 3.05) is 19.5 Å². The van der Waals surface area contributed by atoms with Crippen molar-refractivity contribution in [3.8, 4) is 0 Å². The molecule has 0 amide bonds. The van der Waals surface area contributed by atoms with E-state index in [0.717, 1.165) is 5.52 Å². The van der Waals surface area contributed by atoms with Crippen LogP contribution in [0.2, 0.25) is 5.02 Å². The number of benzene rings is 1. The summed E-state index contributed by atoms with van der Waals surface area (Å²) < 4.78 is 10.4. The highest BCUT2D eigenvalue weighted by Crippen LogP contribution is 2.26. The molecule has 2 N–H and O–H groups in total. The van der Waals surface area contributed by atoms with Crippen LogP contribution in [-0.4, -0.2) is 18.7 Å². The maximum Gasteiger partial charge on any atom is 0.197 e. The topological polar surface area (TPSA) is 61.3 Å². The molecule has 0 bridgehead atoms. The van der Waals surface area contributed by atoms with E-state index in [9.17, 15) is 0 Å². The third-order valence-electron chi connectivity index (χ3n) is 2.07. The molecular formula is C10H11ClN2O2. The number of methoxy groups -OCH3 is 1. The van der Waals surface area contributed by atoms with Crippen molar-refractivity contribution in [3.05, 3.63) is 23.0 Å². The zero-order valence-corrected chi connectivity index (χ0v) is 9.04. The Bertz CT molecular complexity index is 442. The molecule has 0 aliphatic rings. The summed E-state index contributed by atoms with van der Waals surface area (Å²) in [6.07, 6.45) is 0.642. The predicted octanol–water partition coefficient (Wildman–Crippen LogP) is 2.25. The van der Waals surface area contributed by atoms with Crippen LogP contribution in [0.4, 0.5) is 5.69 Å². The van der Waals surface area contributed by atoms with Gasteiger partial charge in [0, 0.05) is 19.6 Å². The van der Waals surface area contributed by atoms with E-state index >= 15 is 0 Å². The summed E-state index contributed by atoms with van der Waals surface area (Å²) in [6.45, 7) is 0.579. The molecule has 2 rings (SSSR count). The number of hydrogen-bond donors (Lipinski definition) is 1. The zero-order valence-electron chi connectivity index (χ0n) is 8.29. The lowest BCUT2D eigenvalue weighted by Crippen LogP contribution is -1.93. The fraction of sp³-hybridized carbons (Fsp3) is 0.300. The van der Waals surface area contributed by atoms with Gasteiger partial charge in [0.05, 0.1) is 17.3 Å². The lowest BCUT2D eigenvalue weighted by molar-refractivity contribution is 0.196. The number of aromatic nitrogens is 1. The average molecular weight is 227 g/mol. The van der Waals surface area contributed by atoms with Gasteiger partial charge in [0.25, 0.3) is 0 Å². The SMILES string of the molecule is COCCc1nc2cc(Cl)c(N)cc2o1. The first-order chi connectivity index (χ1) is 7.20. The monoisotopic (exact) mass is 226 g/mol. The minimum absolute atomic E-state index is 0.495. The number of fused-ring (bicyclic) bond motifs is 1. The van der Waals surface area contributed by atoms with Crippen molar-refractivity contribution in [2.45, 2.75) is 6.42 Å². The number of nitrogens with zero attached hydrogens (tertiary/aromatic N) is 1. The standard InChI is InChI=1S/C10H11ClN2O2/c1-14-3-2-10-13-8-4-6(11)7(12)5-9(8)15-10/h4-5H,2-3,12H2,1H3. The minimum atomic E-state index is 0.495. The molecule has 0 unspecified atom stereocenters. The Morgan fingerprint density at radius 2 is 2.33 bits per heavy atom. The van der Waals surface area contributed by atoms with Crippen LogP contribution in [0.3, 0.4) is 0 Å². The molecule has 0 spiro atoms. The van der Waals surface area contributed by atoms with Crippen molar-refractivity contribution < 1.29 is 9.15 Å². The van der Waals surface area contributed by atoms with Crippen LogP contribution in [0.5, 0.6) is 0 Å². The van der Waals surface area contributed by atoms with Gasteiger partial charge in [0.1, 0.15) is 5.52 Å². The Morgan fingerprint density at radius 3 is 3.07 bits per heavy atom.